The molecule has 0 aliphatic rings. The summed E-state index contributed by atoms with van der Waals surface area (Å²) < 4.78 is 26.5. The summed E-state index contributed by atoms with van der Waals surface area (Å²) in [6.45, 7) is 6.77. The van der Waals surface area contributed by atoms with Crippen LogP contribution in [-0.2, 0) is 10.0 Å². The van der Waals surface area contributed by atoms with Crippen LogP contribution in [0, 0.1) is 13.8 Å². The van der Waals surface area contributed by atoms with Gasteiger partial charge in [0, 0.05) is 26.3 Å². The third kappa shape index (κ3) is 3.71. The number of hydrogen-bond acceptors (Lipinski definition) is 4. The lowest BCUT2D eigenvalue weighted by Gasteiger charge is -2.26. The van der Waals surface area contributed by atoms with Crippen LogP contribution in [-0.4, -0.2) is 44.1 Å². The van der Waals surface area contributed by atoms with Crippen LogP contribution in [0.5, 0.6) is 0 Å². The van der Waals surface area contributed by atoms with Crippen molar-refractivity contribution in [3.63, 3.8) is 0 Å². The van der Waals surface area contributed by atoms with E-state index in [-0.39, 0.29) is 6.54 Å². The quantitative estimate of drug-likeness (QED) is 0.869. The first-order valence-corrected chi connectivity index (χ1v) is 7.91. The molecule has 6 heteroatoms. The van der Waals surface area contributed by atoms with Crippen LogP contribution >= 0.6 is 0 Å². The molecule has 1 aromatic carbocycles. The van der Waals surface area contributed by atoms with E-state index < -0.39 is 15.6 Å². The highest BCUT2D eigenvalue weighted by Gasteiger charge is 2.29. The maximum absolute atomic E-state index is 12.6. The van der Waals surface area contributed by atoms with Gasteiger partial charge in [0.2, 0.25) is 10.0 Å². The molecule has 0 bridgehead atoms. The predicted octanol–water partition coefficient (Wildman–Crippen LogP) is 1.74. The molecule has 20 heavy (non-hydrogen) atoms. The van der Waals surface area contributed by atoms with E-state index in [0.717, 1.165) is 5.69 Å². The predicted molar refractivity (Wildman–Crippen MR) is 81.6 cm³/mol. The second kappa shape index (κ2) is 5.71. The van der Waals surface area contributed by atoms with Crippen LogP contribution < -0.4 is 5.32 Å². The monoisotopic (exact) mass is 300 g/mol. The summed E-state index contributed by atoms with van der Waals surface area (Å²) in [5.41, 5.74) is 1.19. The number of hydrogen-bond donors (Lipinski definition) is 2. The summed E-state index contributed by atoms with van der Waals surface area (Å²) in [4.78, 5) is 0.309. The number of aryl methyl sites for hydroxylation is 2. The highest BCUT2D eigenvalue weighted by molar-refractivity contribution is 7.89. The van der Waals surface area contributed by atoms with Crippen LogP contribution in [0.15, 0.2) is 17.0 Å². The molecule has 0 saturated heterocycles. The average Bonchev–Trinajstić information content (AvgIpc) is 2.24. The fraction of sp³-hybridized carbons (Fsp3) is 0.571. The van der Waals surface area contributed by atoms with E-state index in [1.165, 1.54) is 11.4 Å². The van der Waals surface area contributed by atoms with Crippen molar-refractivity contribution < 1.29 is 13.5 Å². The molecular formula is C14H24N2O3S. The minimum Gasteiger partial charge on any atom is -0.389 e. The Balaban J connectivity index is 3.29. The molecule has 0 amide bonds. The summed E-state index contributed by atoms with van der Waals surface area (Å²) in [6, 6.07) is 3.61. The van der Waals surface area contributed by atoms with E-state index in [9.17, 15) is 13.5 Å². The summed E-state index contributed by atoms with van der Waals surface area (Å²) in [7, 11) is -0.334. The van der Waals surface area contributed by atoms with Gasteiger partial charge in [-0.05, 0) is 51.0 Å². The van der Waals surface area contributed by atoms with E-state index in [0.29, 0.717) is 16.0 Å². The molecule has 0 aliphatic heterocycles. The van der Waals surface area contributed by atoms with E-state index in [1.54, 1.807) is 46.9 Å². The summed E-state index contributed by atoms with van der Waals surface area (Å²) in [6.07, 6.45) is 0. The molecule has 0 unspecified atom stereocenters. The SMILES string of the molecule is CNc1cc(C)c(S(=O)(=O)N(C)CC(C)(C)O)c(C)c1. The van der Waals surface area contributed by atoms with Crippen LogP contribution in [0.25, 0.3) is 0 Å². The minimum atomic E-state index is -3.61. The maximum Gasteiger partial charge on any atom is 0.243 e. The first-order valence-electron chi connectivity index (χ1n) is 6.47. The Morgan fingerprint density at radius 1 is 1.25 bits per heavy atom. The van der Waals surface area contributed by atoms with Gasteiger partial charge in [0.15, 0.2) is 0 Å². The van der Waals surface area contributed by atoms with Gasteiger partial charge in [0.25, 0.3) is 0 Å². The molecule has 0 spiro atoms. The molecule has 0 atom stereocenters. The van der Waals surface area contributed by atoms with Crippen molar-refractivity contribution in [2.75, 3.05) is 26.0 Å². The Kier molecular flexibility index (Phi) is 4.84. The van der Waals surface area contributed by atoms with Crippen molar-refractivity contribution in [1.82, 2.24) is 4.31 Å². The van der Waals surface area contributed by atoms with Gasteiger partial charge in [-0.3, -0.25) is 0 Å². The van der Waals surface area contributed by atoms with E-state index >= 15 is 0 Å². The van der Waals surface area contributed by atoms with Crippen LogP contribution in [0.1, 0.15) is 25.0 Å². The Morgan fingerprint density at radius 3 is 2.05 bits per heavy atom. The first kappa shape index (κ1) is 16.9. The highest BCUT2D eigenvalue weighted by atomic mass is 32.2. The lowest BCUT2D eigenvalue weighted by atomic mass is 10.1. The van der Waals surface area contributed by atoms with E-state index in [2.05, 4.69) is 5.32 Å². The molecule has 0 heterocycles. The molecule has 0 fully saturated rings. The zero-order valence-corrected chi connectivity index (χ0v) is 13.8. The lowest BCUT2D eigenvalue weighted by Crippen LogP contribution is -2.40. The van der Waals surface area contributed by atoms with Crippen molar-refractivity contribution in [2.45, 2.75) is 38.2 Å². The number of nitrogens with zero attached hydrogens (tertiary/aromatic N) is 1. The topological polar surface area (TPSA) is 69.6 Å². The van der Waals surface area contributed by atoms with Crippen molar-refractivity contribution >= 4 is 15.7 Å². The van der Waals surface area contributed by atoms with Gasteiger partial charge in [-0.1, -0.05) is 0 Å². The maximum atomic E-state index is 12.6. The Labute approximate surface area is 121 Å². The number of sulfonamides is 1. The van der Waals surface area contributed by atoms with Gasteiger partial charge in [0.05, 0.1) is 10.5 Å². The average molecular weight is 300 g/mol. The minimum absolute atomic E-state index is 0.0436. The highest BCUT2D eigenvalue weighted by Crippen LogP contribution is 2.27. The van der Waals surface area contributed by atoms with Crippen LogP contribution in [0.4, 0.5) is 5.69 Å². The van der Waals surface area contributed by atoms with E-state index in [4.69, 9.17) is 0 Å². The number of rotatable bonds is 5. The first-order chi connectivity index (χ1) is 8.99. The van der Waals surface area contributed by atoms with Crippen molar-refractivity contribution in [3.05, 3.63) is 23.3 Å². The van der Waals surface area contributed by atoms with Gasteiger partial charge in [-0.15, -0.1) is 0 Å². The van der Waals surface area contributed by atoms with Crippen LogP contribution in [0.3, 0.4) is 0 Å². The van der Waals surface area contributed by atoms with Gasteiger partial charge >= 0.3 is 0 Å². The molecule has 0 saturated carbocycles. The second-order valence-electron chi connectivity index (χ2n) is 5.76. The van der Waals surface area contributed by atoms with Crippen molar-refractivity contribution in [3.8, 4) is 0 Å². The zero-order chi connectivity index (χ0) is 15.7. The largest absolute Gasteiger partial charge is 0.389 e. The molecule has 0 aliphatic carbocycles. The lowest BCUT2D eigenvalue weighted by molar-refractivity contribution is 0.0639. The standard InChI is InChI=1S/C14H24N2O3S/c1-10-7-12(15-5)8-11(2)13(10)20(18,19)16(6)9-14(3,4)17/h7-8,15,17H,9H2,1-6H3. The second-order valence-corrected chi connectivity index (χ2v) is 7.74. The number of aliphatic hydroxyl groups is 1. The Bertz CT molecular complexity index is 566. The Hall–Kier alpha value is -1.11. The number of anilines is 1. The summed E-state index contributed by atoms with van der Waals surface area (Å²) in [5.74, 6) is 0. The van der Waals surface area contributed by atoms with Gasteiger partial charge in [-0.25, -0.2) is 8.42 Å². The number of likely N-dealkylation sites (N-methyl/N-ethyl adjacent to an activating group) is 1. The summed E-state index contributed by atoms with van der Waals surface area (Å²) >= 11 is 0. The van der Waals surface area contributed by atoms with Gasteiger partial charge in [-0.2, -0.15) is 4.31 Å². The van der Waals surface area contributed by atoms with E-state index in [1.807, 2.05) is 0 Å². The van der Waals surface area contributed by atoms with Crippen molar-refractivity contribution in [1.29, 1.82) is 0 Å². The van der Waals surface area contributed by atoms with Gasteiger partial charge in [0.1, 0.15) is 0 Å². The number of benzene rings is 1. The molecule has 2 N–H and O–H groups in total. The van der Waals surface area contributed by atoms with Crippen LogP contribution in [0.2, 0.25) is 0 Å². The third-order valence-corrected chi connectivity index (χ3v) is 5.14. The van der Waals surface area contributed by atoms with Gasteiger partial charge < -0.3 is 10.4 Å². The molecule has 1 rings (SSSR count). The van der Waals surface area contributed by atoms with Crippen molar-refractivity contribution in [2.24, 2.45) is 0 Å². The number of nitrogens with one attached hydrogen (secondary N) is 1. The smallest absolute Gasteiger partial charge is 0.243 e. The normalized spacial score (nSPS) is 12.8. The fourth-order valence-corrected chi connectivity index (χ4v) is 4.02. The molecular weight excluding hydrogens is 276 g/mol. The molecule has 5 nitrogen and oxygen atoms in total. The summed E-state index contributed by atoms with van der Waals surface area (Å²) in [5, 5.41) is 12.8. The molecule has 114 valence electrons. The fourth-order valence-electron chi connectivity index (χ4n) is 2.29. The zero-order valence-electron chi connectivity index (χ0n) is 13.0. The molecule has 0 aromatic heterocycles. The Morgan fingerprint density at radius 2 is 1.70 bits per heavy atom. The third-order valence-electron chi connectivity index (χ3n) is 3.03. The molecule has 1 aromatic rings. The molecule has 0 radical (unpaired) electrons.